The number of rotatable bonds is 5. The van der Waals surface area contributed by atoms with Gasteiger partial charge in [0, 0.05) is 32.4 Å². The highest BCUT2D eigenvalue weighted by Crippen LogP contribution is 2.29. The average molecular weight is 314 g/mol. The second-order valence-corrected chi connectivity index (χ2v) is 6.45. The maximum atomic E-state index is 12.5. The molecule has 1 atom stereocenters. The molecule has 2 heterocycles. The van der Waals surface area contributed by atoms with Gasteiger partial charge < -0.3 is 14.5 Å². The highest BCUT2D eigenvalue weighted by molar-refractivity contribution is 5.92. The van der Waals surface area contributed by atoms with E-state index >= 15 is 0 Å². The van der Waals surface area contributed by atoms with Crippen molar-refractivity contribution in [3.8, 4) is 6.07 Å². The van der Waals surface area contributed by atoms with E-state index in [0.717, 1.165) is 19.0 Å². The van der Waals surface area contributed by atoms with Crippen molar-refractivity contribution in [1.29, 1.82) is 5.26 Å². The largest absolute Gasteiger partial charge is 0.373 e. The predicted octanol–water partition coefficient (Wildman–Crippen LogP) is 1.14. The van der Waals surface area contributed by atoms with E-state index in [2.05, 4.69) is 16.9 Å². The van der Waals surface area contributed by atoms with Crippen molar-refractivity contribution in [3.63, 3.8) is 0 Å². The van der Waals surface area contributed by atoms with Crippen LogP contribution in [0.2, 0.25) is 0 Å². The highest BCUT2D eigenvalue weighted by Gasteiger charge is 2.28. The fourth-order valence-corrected chi connectivity index (χ4v) is 2.93. The van der Waals surface area contributed by atoms with Crippen LogP contribution >= 0.6 is 0 Å². The van der Waals surface area contributed by atoms with Gasteiger partial charge in [0.1, 0.15) is 11.8 Å². The summed E-state index contributed by atoms with van der Waals surface area (Å²) in [5.41, 5.74) is 0.846. The lowest BCUT2D eigenvalue weighted by Crippen LogP contribution is -2.49. The number of amides is 1. The van der Waals surface area contributed by atoms with E-state index in [4.69, 9.17) is 10.00 Å². The summed E-state index contributed by atoms with van der Waals surface area (Å²) in [5, 5.41) is 8.79. The van der Waals surface area contributed by atoms with E-state index < -0.39 is 0 Å². The average Bonchev–Trinajstić information content (AvgIpc) is 3.38. The molecule has 23 heavy (non-hydrogen) atoms. The summed E-state index contributed by atoms with van der Waals surface area (Å²) in [5.74, 6) is 0.761. The van der Waals surface area contributed by atoms with Gasteiger partial charge in [-0.1, -0.05) is 0 Å². The van der Waals surface area contributed by atoms with Crippen LogP contribution in [0, 0.1) is 17.2 Å². The Morgan fingerprint density at radius 2 is 2.30 bits per heavy atom. The topological polar surface area (TPSA) is 69.5 Å². The third-order valence-electron chi connectivity index (χ3n) is 4.32. The Morgan fingerprint density at radius 3 is 2.96 bits per heavy atom. The Labute approximate surface area is 136 Å². The minimum Gasteiger partial charge on any atom is -0.373 e. The summed E-state index contributed by atoms with van der Waals surface area (Å²) in [7, 11) is 2.12. The van der Waals surface area contributed by atoms with Crippen LogP contribution in [0.1, 0.15) is 28.9 Å². The van der Waals surface area contributed by atoms with E-state index in [9.17, 15) is 4.79 Å². The molecule has 3 rings (SSSR count). The van der Waals surface area contributed by atoms with Crippen LogP contribution in [-0.4, -0.2) is 66.6 Å². The van der Waals surface area contributed by atoms with Crippen molar-refractivity contribution in [3.05, 3.63) is 29.6 Å². The zero-order valence-corrected chi connectivity index (χ0v) is 13.4. The first kappa shape index (κ1) is 15.9. The maximum Gasteiger partial charge on any atom is 0.272 e. The lowest BCUT2D eigenvalue weighted by molar-refractivity contribution is -0.0335. The minimum absolute atomic E-state index is 0.0508. The molecule has 6 heteroatoms. The fourth-order valence-electron chi connectivity index (χ4n) is 2.93. The van der Waals surface area contributed by atoms with Crippen LogP contribution in [0.15, 0.2) is 18.3 Å². The Hall–Kier alpha value is -1.97. The molecule has 1 aromatic heterocycles. The van der Waals surface area contributed by atoms with Gasteiger partial charge in [-0.15, -0.1) is 0 Å². The summed E-state index contributed by atoms with van der Waals surface area (Å²) in [6, 6.07) is 5.25. The van der Waals surface area contributed by atoms with Gasteiger partial charge in [-0.2, -0.15) is 5.26 Å². The van der Waals surface area contributed by atoms with Crippen LogP contribution in [0.3, 0.4) is 0 Å². The molecule has 1 aliphatic heterocycles. The zero-order chi connectivity index (χ0) is 16.2. The number of ether oxygens (including phenoxy) is 1. The van der Waals surface area contributed by atoms with Crippen LogP contribution in [-0.2, 0) is 4.74 Å². The lowest BCUT2D eigenvalue weighted by Gasteiger charge is -2.34. The second-order valence-electron chi connectivity index (χ2n) is 6.45. The molecule has 0 aromatic carbocycles. The Kier molecular flexibility index (Phi) is 4.89. The number of nitrogens with zero attached hydrogens (tertiary/aromatic N) is 4. The molecule has 1 aliphatic carbocycles. The van der Waals surface area contributed by atoms with E-state index in [1.807, 2.05) is 6.07 Å². The number of hydrogen-bond donors (Lipinski definition) is 0. The third-order valence-corrected chi connectivity index (χ3v) is 4.32. The first-order chi connectivity index (χ1) is 11.2. The third kappa shape index (κ3) is 4.27. The standard InChI is InChI=1S/C17H22N4O2/c1-20(10-13-2-3-13)11-15-12-21(6-7-23-15)17(22)16-5-4-14(8-18)9-19-16/h4-5,9,13,15H,2-3,6-7,10-12H2,1H3/t15-/m1/s1. The molecule has 2 fully saturated rings. The van der Waals surface area contributed by atoms with Crippen LogP contribution in [0.4, 0.5) is 0 Å². The number of aromatic nitrogens is 1. The summed E-state index contributed by atoms with van der Waals surface area (Å²) in [6.45, 7) is 3.70. The van der Waals surface area contributed by atoms with Crippen LogP contribution in [0.25, 0.3) is 0 Å². The molecule has 0 N–H and O–H groups in total. The number of carbonyl (C=O) groups excluding carboxylic acids is 1. The second kappa shape index (κ2) is 7.07. The lowest BCUT2D eigenvalue weighted by atomic mass is 10.2. The van der Waals surface area contributed by atoms with Crippen molar-refractivity contribution in [2.45, 2.75) is 18.9 Å². The predicted molar refractivity (Wildman–Crippen MR) is 84.8 cm³/mol. The molecule has 122 valence electrons. The van der Waals surface area contributed by atoms with Crippen molar-refractivity contribution in [2.24, 2.45) is 5.92 Å². The molecule has 1 aromatic rings. The first-order valence-corrected chi connectivity index (χ1v) is 8.11. The summed E-state index contributed by atoms with van der Waals surface area (Å²) in [4.78, 5) is 20.7. The van der Waals surface area contributed by atoms with Gasteiger partial charge in [0.05, 0.1) is 18.3 Å². The van der Waals surface area contributed by atoms with E-state index in [0.29, 0.717) is 31.0 Å². The first-order valence-electron chi connectivity index (χ1n) is 8.11. The molecule has 0 radical (unpaired) electrons. The quantitative estimate of drug-likeness (QED) is 0.815. The van der Waals surface area contributed by atoms with Gasteiger partial charge in [-0.05, 0) is 37.9 Å². The van der Waals surface area contributed by atoms with E-state index in [1.54, 1.807) is 17.0 Å². The van der Waals surface area contributed by atoms with Gasteiger partial charge in [-0.3, -0.25) is 4.79 Å². The molecule has 1 amide bonds. The highest BCUT2D eigenvalue weighted by atomic mass is 16.5. The summed E-state index contributed by atoms with van der Waals surface area (Å²) in [6.07, 6.45) is 4.17. The van der Waals surface area contributed by atoms with Crippen LogP contribution < -0.4 is 0 Å². The molecule has 0 bridgehead atoms. The number of pyridine rings is 1. The van der Waals surface area contributed by atoms with Crippen molar-refractivity contribution in [2.75, 3.05) is 39.8 Å². The number of carbonyl (C=O) groups is 1. The molecule has 1 saturated carbocycles. The zero-order valence-electron chi connectivity index (χ0n) is 13.4. The number of nitriles is 1. The number of hydrogen-bond acceptors (Lipinski definition) is 5. The van der Waals surface area contributed by atoms with Crippen molar-refractivity contribution >= 4 is 5.91 Å². The van der Waals surface area contributed by atoms with Crippen molar-refractivity contribution in [1.82, 2.24) is 14.8 Å². The van der Waals surface area contributed by atoms with Crippen molar-refractivity contribution < 1.29 is 9.53 Å². The van der Waals surface area contributed by atoms with E-state index in [-0.39, 0.29) is 12.0 Å². The Morgan fingerprint density at radius 1 is 1.48 bits per heavy atom. The minimum atomic E-state index is -0.0902. The molecule has 2 aliphatic rings. The van der Waals surface area contributed by atoms with Gasteiger partial charge in [0.2, 0.25) is 0 Å². The SMILES string of the molecule is CN(CC1CC1)C[C@@H]1CN(C(=O)c2ccc(C#N)cn2)CCO1. The molecule has 1 saturated heterocycles. The Bertz CT molecular complexity index is 592. The normalized spacial score (nSPS) is 21.3. The smallest absolute Gasteiger partial charge is 0.272 e. The van der Waals surface area contributed by atoms with Gasteiger partial charge in [0.15, 0.2) is 0 Å². The fraction of sp³-hybridized carbons (Fsp3) is 0.588. The summed E-state index contributed by atoms with van der Waals surface area (Å²) < 4.78 is 5.80. The summed E-state index contributed by atoms with van der Waals surface area (Å²) >= 11 is 0. The van der Waals surface area contributed by atoms with Gasteiger partial charge in [0.25, 0.3) is 5.91 Å². The van der Waals surface area contributed by atoms with Gasteiger partial charge in [-0.25, -0.2) is 4.98 Å². The van der Waals surface area contributed by atoms with E-state index in [1.165, 1.54) is 19.0 Å². The maximum absolute atomic E-state index is 12.5. The van der Waals surface area contributed by atoms with Gasteiger partial charge >= 0.3 is 0 Å². The molecule has 0 spiro atoms. The number of morpholine rings is 1. The number of likely N-dealkylation sites (N-methyl/N-ethyl adjacent to an activating group) is 1. The molecular formula is C17H22N4O2. The molecule has 6 nitrogen and oxygen atoms in total. The molecule has 0 unspecified atom stereocenters. The Balaban J connectivity index is 1.56. The molecular weight excluding hydrogens is 292 g/mol. The monoisotopic (exact) mass is 314 g/mol. The van der Waals surface area contributed by atoms with Crippen LogP contribution in [0.5, 0.6) is 0 Å².